The van der Waals surface area contributed by atoms with E-state index in [1.807, 2.05) is 6.92 Å². The first-order valence-corrected chi connectivity index (χ1v) is 9.80. The van der Waals surface area contributed by atoms with E-state index in [4.69, 9.17) is 5.73 Å². The van der Waals surface area contributed by atoms with E-state index in [1.165, 1.54) is 22.6 Å². The summed E-state index contributed by atoms with van der Waals surface area (Å²) in [5, 5.41) is 3.57. The Morgan fingerprint density at radius 3 is 2.45 bits per heavy atom. The van der Waals surface area contributed by atoms with Gasteiger partial charge in [0.1, 0.15) is 5.00 Å². The van der Waals surface area contributed by atoms with E-state index in [1.54, 1.807) is 0 Å². The fourth-order valence-corrected chi connectivity index (χ4v) is 5.75. The molecule has 0 aromatic carbocycles. The zero-order valence-electron chi connectivity index (χ0n) is 12.3. The molecular formula is C15H18Br2N2O2S. The number of fused-ring (bicyclic) bond motifs is 1. The zero-order chi connectivity index (χ0) is 16.1. The second-order valence-electron chi connectivity index (χ2n) is 6.30. The number of rotatable bonds is 3. The van der Waals surface area contributed by atoms with Gasteiger partial charge in [-0.2, -0.15) is 0 Å². The molecule has 22 heavy (non-hydrogen) atoms. The highest BCUT2D eigenvalue weighted by Crippen LogP contribution is 2.66. The van der Waals surface area contributed by atoms with Crippen molar-refractivity contribution in [1.29, 1.82) is 0 Å². The molecule has 0 spiro atoms. The van der Waals surface area contributed by atoms with Gasteiger partial charge in [-0.1, -0.05) is 38.3 Å². The molecule has 3 N–H and O–H groups in total. The van der Waals surface area contributed by atoms with E-state index in [2.05, 4.69) is 37.2 Å². The van der Waals surface area contributed by atoms with Gasteiger partial charge in [-0.25, -0.2) is 0 Å². The molecule has 1 atom stereocenters. The van der Waals surface area contributed by atoms with Crippen molar-refractivity contribution in [3.63, 3.8) is 0 Å². The Kier molecular flexibility index (Phi) is 4.19. The maximum Gasteiger partial charge on any atom is 0.251 e. The normalized spacial score (nSPS) is 26.0. The topological polar surface area (TPSA) is 72.2 Å². The number of halogens is 2. The van der Waals surface area contributed by atoms with Gasteiger partial charge >= 0.3 is 0 Å². The highest BCUT2D eigenvalue weighted by molar-refractivity contribution is 9.25. The van der Waals surface area contributed by atoms with Gasteiger partial charge in [-0.15, -0.1) is 11.3 Å². The molecule has 7 heteroatoms. The van der Waals surface area contributed by atoms with Crippen LogP contribution in [0.5, 0.6) is 0 Å². The van der Waals surface area contributed by atoms with Crippen LogP contribution >= 0.6 is 43.2 Å². The van der Waals surface area contributed by atoms with Crippen LogP contribution in [0.3, 0.4) is 0 Å². The lowest BCUT2D eigenvalue weighted by Crippen LogP contribution is -2.26. The standard InChI is InChI=1S/C15H18Br2N2O2S/c1-14(7-15(14,16)17)13(21)19-12-10(11(18)20)8-5-3-2-4-6-9(8)22-12/h2-7H2,1H3,(H2,18,20)(H,19,21)/t14-/m1/s1. The minimum Gasteiger partial charge on any atom is -0.365 e. The van der Waals surface area contributed by atoms with Crippen molar-refractivity contribution in [2.45, 2.75) is 48.7 Å². The first kappa shape index (κ1) is 16.5. The SMILES string of the molecule is C[C@]1(C(=O)Nc2sc3c(c2C(N)=O)CCCCC3)CC1(Br)Br. The first-order chi connectivity index (χ1) is 10.3. The summed E-state index contributed by atoms with van der Waals surface area (Å²) in [7, 11) is 0. The van der Waals surface area contributed by atoms with Gasteiger partial charge in [-0.05, 0) is 44.6 Å². The number of primary amides is 1. The van der Waals surface area contributed by atoms with Gasteiger partial charge in [0, 0.05) is 4.88 Å². The van der Waals surface area contributed by atoms with Crippen molar-refractivity contribution >= 4 is 60.0 Å². The molecule has 2 aliphatic rings. The molecule has 1 heterocycles. The quantitative estimate of drug-likeness (QED) is 0.541. The van der Waals surface area contributed by atoms with E-state index in [-0.39, 0.29) is 9.14 Å². The number of hydrogen-bond donors (Lipinski definition) is 2. The van der Waals surface area contributed by atoms with E-state index < -0.39 is 11.3 Å². The van der Waals surface area contributed by atoms with Gasteiger partial charge in [0.15, 0.2) is 0 Å². The Labute approximate surface area is 150 Å². The van der Waals surface area contributed by atoms with E-state index in [0.29, 0.717) is 17.0 Å². The Morgan fingerprint density at radius 1 is 1.23 bits per heavy atom. The van der Waals surface area contributed by atoms with E-state index in [9.17, 15) is 9.59 Å². The third-order valence-corrected chi connectivity index (χ3v) is 8.17. The van der Waals surface area contributed by atoms with Crippen LogP contribution in [0.2, 0.25) is 0 Å². The largest absolute Gasteiger partial charge is 0.365 e. The Bertz CT molecular complexity index is 656. The molecule has 0 aliphatic heterocycles. The lowest BCUT2D eigenvalue weighted by molar-refractivity contribution is -0.120. The minimum atomic E-state index is -0.511. The molecule has 0 saturated heterocycles. The number of carbonyl (C=O) groups excluding carboxylic acids is 2. The number of aryl methyl sites for hydroxylation is 1. The third kappa shape index (κ3) is 2.65. The molecule has 1 saturated carbocycles. The van der Waals surface area contributed by atoms with Crippen LogP contribution in [0.1, 0.15) is 53.4 Å². The predicted octanol–water partition coefficient (Wildman–Crippen LogP) is 3.95. The van der Waals surface area contributed by atoms with Gasteiger partial charge < -0.3 is 11.1 Å². The summed E-state index contributed by atoms with van der Waals surface area (Å²) in [4.78, 5) is 25.7. The van der Waals surface area contributed by atoms with Crippen LogP contribution < -0.4 is 11.1 Å². The molecule has 0 unspecified atom stereocenters. The maximum absolute atomic E-state index is 12.6. The molecule has 1 aromatic heterocycles. The second-order valence-corrected chi connectivity index (χ2v) is 11.2. The average molecular weight is 450 g/mol. The monoisotopic (exact) mass is 448 g/mol. The Morgan fingerprint density at radius 2 is 1.86 bits per heavy atom. The van der Waals surface area contributed by atoms with Crippen molar-refractivity contribution in [2.75, 3.05) is 5.32 Å². The van der Waals surface area contributed by atoms with Crippen molar-refractivity contribution in [3.05, 3.63) is 16.0 Å². The lowest BCUT2D eigenvalue weighted by atomic mass is 10.0. The number of alkyl halides is 2. The number of carbonyl (C=O) groups is 2. The fourth-order valence-electron chi connectivity index (χ4n) is 2.98. The molecular weight excluding hydrogens is 432 g/mol. The summed E-state index contributed by atoms with van der Waals surface area (Å²) in [5.74, 6) is -0.528. The summed E-state index contributed by atoms with van der Waals surface area (Å²) < 4.78 is -0.349. The molecule has 0 bridgehead atoms. The molecule has 3 rings (SSSR count). The van der Waals surface area contributed by atoms with Crippen molar-refractivity contribution in [2.24, 2.45) is 11.1 Å². The molecule has 0 radical (unpaired) electrons. The fraction of sp³-hybridized carbons (Fsp3) is 0.600. The molecule has 1 aromatic rings. The Hall–Kier alpha value is -0.400. The summed E-state index contributed by atoms with van der Waals surface area (Å²) in [6.45, 7) is 1.90. The Balaban J connectivity index is 1.91. The number of nitrogens with two attached hydrogens (primary N) is 1. The smallest absolute Gasteiger partial charge is 0.251 e. The maximum atomic E-state index is 12.6. The van der Waals surface area contributed by atoms with Crippen LogP contribution in [0.4, 0.5) is 5.00 Å². The van der Waals surface area contributed by atoms with Crippen LogP contribution in [0.15, 0.2) is 0 Å². The van der Waals surface area contributed by atoms with Gasteiger partial charge in [0.2, 0.25) is 5.91 Å². The van der Waals surface area contributed by atoms with Crippen molar-refractivity contribution < 1.29 is 9.59 Å². The number of amides is 2. The molecule has 2 amide bonds. The van der Waals surface area contributed by atoms with Gasteiger partial charge in [0.25, 0.3) is 5.91 Å². The number of nitrogens with one attached hydrogen (secondary N) is 1. The summed E-state index contributed by atoms with van der Waals surface area (Å²) in [5.41, 5.74) is 6.65. The number of anilines is 1. The highest BCUT2D eigenvalue weighted by Gasteiger charge is 2.66. The zero-order valence-corrected chi connectivity index (χ0v) is 16.3. The number of hydrogen-bond acceptors (Lipinski definition) is 3. The first-order valence-electron chi connectivity index (χ1n) is 7.40. The summed E-state index contributed by atoms with van der Waals surface area (Å²) in [6, 6.07) is 0. The summed E-state index contributed by atoms with van der Waals surface area (Å²) in [6.07, 6.45) is 5.92. The highest BCUT2D eigenvalue weighted by atomic mass is 79.9. The van der Waals surface area contributed by atoms with Crippen LogP contribution in [0, 0.1) is 5.41 Å². The molecule has 120 valence electrons. The molecule has 4 nitrogen and oxygen atoms in total. The lowest BCUT2D eigenvalue weighted by Gasteiger charge is -2.13. The summed E-state index contributed by atoms with van der Waals surface area (Å²) >= 11 is 8.52. The minimum absolute atomic E-state index is 0.0832. The van der Waals surface area contributed by atoms with Crippen LogP contribution in [-0.4, -0.2) is 15.0 Å². The van der Waals surface area contributed by atoms with Crippen LogP contribution in [0.25, 0.3) is 0 Å². The average Bonchev–Trinajstić information content (AvgIpc) is 2.88. The molecule has 1 fully saturated rings. The van der Waals surface area contributed by atoms with Crippen LogP contribution in [-0.2, 0) is 17.6 Å². The van der Waals surface area contributed by atoms with Crippen molar-refractivity contribution in [1.82, 2.24) is 0 Å². The second kappa shape index (κ2) is 5.60. The third-order valence-electron chi connectivity index (χ3n) is 4.65. The number of thiophene rings is 1. The molecule has 2 aliphatic carbocycles. The predicted molar refractivity (Wildman–Crippen MR) is 96.0 cm³/mol. The van der Waals surface area contributed by atoms with E-state index >= 15 is 0 Å². The van der Waals surface area contributed by atoms with Crippen molar-refractivity contribution in [3.8, 4) is 0 Å². The van der Waals surface area contributed by atoms with Gasteiger partial charge in [-0.3, -0.25) is 9.59 Å². The van der Waals surface area contributed by atoms with E-state index in [0.717, 1.165) is 31.2 Å². The van der Waals surface area contributed by atoms with Gasteiger partial charge in [0.05, 0.1) is 14.2 Å².